The first kappa shape index (κ1) is 26.7. The molecule has 8 N–H and O–H groups in total. The van der Waals surface area contributed by atoms with Crippen molar-refractivity contribution in [3.05, 3.63) is 48.5 Å². The Kier molecular flexibility index (Phi) is 9.50. The average Bonchev–Trinajstić information content (AvgIpc) is 2.75. The van der Waals surface area contributed by atoms with E-state index >= 15 is 0 Å². The number of hydrogen-bond acceptors (Lipinski definition) is 8. The van der Waals surface area contributed by atoms with Crippen molar-refractivity contribution in [2.75, 3.05) is 24.6 Å². The summed E-state index contributed by atoms with van der Waals surface area (Å²) in [5.74, 6) is 0. The van der Waals surface area contributed by atoms with Crippen molar-refractivity contribution in [2.45, 2.75) is 35.5 Å². The Morgan fingerprint density at radius 3 is 1.24 bits per heavy atom. The van der Waals surface area contributed by atoms with Crippen molar-refractivity contribution < 1.29 is 26.4 Å². The van der Waals surface area contributed by atoms with Gasteiger partial charge in [0.15, 0.2) is 0 Å². The Bertz CT molecular complexity index is 1090. The fraction of sp³-hybridized carbons (Fsp3) is 0.300. The van der Waals surface area contributed by atoms with Crippen LogP contribution >= 0.6 is 0 Å². The van der Waals surface area contributed by atoms with Gasteiger partial charge in [0, 0.05) is 24.5 Å². The average molecular weight is 513 g/mol. The summed E-state index contributed by atoms with van der Waals surface area (Å²) in [6.45, 7) is 0.522. The quantitative estimate of drug-likeness (QED) is 0.189. The van der Waals surface area contributed by atoms with Gasteiger partial charge >= 0.3 is 12.1 Å². The number of benzene rings is 2. The highest BCUT2D eigenvalue weighted by atomic mass is 32.2. The molecule has 186 valence electrons. The largest absolute Gasteiger partial charge is 0.399 e. The molecule has 2 aromatic carbocycles. The van der Waals surface area contributed by atoms with Crippen LogP contribution in [0.15, 0.2) is 58.3 Å². The predicted molar refractivity (Wildman–Crippen MR) is 128 cm³/mol. The highest BCUT2D eigenvalue weighted by Crippen LogP contribution is 2.12. The molecule has 4 amide bonds. The van der Waals surface area contributed by atoms with E-state index in [-0.39, 0.29) is 22.9 Å². The normalized spacial score (nSPS) is 11.4. The van der Waals surface area contributed by atoms with Crippen LogP contribution in [0.1, 0.15) is 25.7 Å². The molecule has 0 fully saturated rings. The SMILES string of the molecule is Nc1ccc(S(=O)(=O)NC(=O)NCCCCCCNC(=O)NS(=O)(=O)c2ccc(N)cc2)cc1. The minimum absolute atomic E-state index is 0.0744. The minimum Gasteiger partial charge on any atom is -0.399 e. The molecule has 0 saturated carbocycles. The van der Waals surface area contributed by atoms with Crippen LogP contribution in [0.2, 0.25) is 0 Å². The number of sulfonamides is 2. The van der Waals surface area contributed by atoms with Crippen LogP contribution in [-0.2, 0) is 20.0 Å². The molecule has 0 spiro atoms. The lowest BCUT2D eigenvalue weighted by Crippen LogP contribution is -2.40. The van der Waals surface area contributed by atoms with E-state index in [2.05, 4.69) is 10.6 Å². The number of nitrogens with two attached hydrogens (primary N) is 2. The molecular weight excluding hydrogens is 484 g/mol. The molecule has 14 heteroatoms. The van der Waals surface area contributed by atoms with Crippen molar-refractivity contribution >= 4 is 43.5 Å². The molecule has 0 aliphatic heterocycles. The van der Waals surface area contributed by atoms with Gasteiger partial charge in [-0.3, -0.25) is 0 Å². The molecule has 0 unspecified atom stereocenters. The molecular formula is C20H28N6O6S2. The second-order valence-electron chi connectivity index (χ2n) is 7.28. The number of anilines is 2. The van der Waals surface area contributed by atoms with Crippen LogP contribution in [0, 0.1) is 0 Å². The van der Waals surface area contributed by atoms with Crippen LogP contribution in [0.4, 0.5) is 21.0 Å². The summed E-state index contributed by atoms with van der Waals surface area (Å²) in [5, 5.41) is 4.93. The number of nitrogens with one attached hydrogen (secondary N) is 4. The van der Waals surface area contributed by atoms with Gasteiger partial charge in [-0.25, -0.2) is 35.9 Å². The Morgan fingerprint density at radius 1 is 0.588 bits per heavy atom. The first-order chi connectivity index (χ1) is 16.0. The second-order valence-corrected chi connectivity index (χ2v) is 10.6. The molecule has 12 nitrogen and oxygen atoms in total. The van der Waals surface area contributed by atoms with Gasteiger partial charge in [0.25, 0.3) is 20.0 Å². The molecule has 0 bridgehead atoms. The third-order valence-electron chi connectivity index (χ3n) is 4.51. The zero-order chi connectivity index (χ0) is 25.2. The van der Waals surface area contributed by atoms with E-state index in [4.69, 9.17) is 11.5 Å². The molecule has 0 heterocycles. The number of unbranched alkanes of at least 4 members (excludes halogenated alkanes) is 3. The van der Waals surface area contributed by atoms with Crippen LogP contribution in [0.3, 0.4) is 0 Å². The summed E-state index contributed by atoms with van der Waals surface area (Å²) in [4.78, 5) is 23.5. The fourth-order valence-electron chi connectivity index (χ4n) is 2.74. The summed E-state index contributed by atoms with van der Waals surface area (Å²) in [6, 6.07) is 9.20. The van der Waals surface area contributed by atoms with E-state index in [1.54, 1.807) is 0 Å². The van der Waals surface area contributed by atoms with E-state index in [1.807, 2.05) is 9.44 Å². The maximum atomic E-state index is 12.1. The van der Waals surface area contributed by atoms with Crippen LogP contribution < -0.4 is 31.5 Å². The Labute approximate surface area is 198 Å². The summed E-state index contributed by atoms with van der Waals surface area (Å²) < 4.78 is 52.2. The lowest BCUT2D eigenvalue weighted by molar-refractivity contribution is 0.244. The second kappa shape index (κ2) is 12.1. The maximum absolute atomic E-state index is 12.1. The van der Waals surface area contributed by atoms with Crippen LogP contribution in [0.5, 0.6) is 0 Å². The highest BCUT2D eigenvalue weighted by Gasteiger charge is 2.18. The van der Waals surface area contributed by atoms with Gasteiger partial charge in [0.05, 0.1) is 9.79 Å². The monoisotopic (exact) mass is 512 g/mol. The van der Waals surface area contributed by atoms with E-state index in [0.717, 1.165) is 0 Å². The number of carbonyl (C=O) groups excluding carboxylic acids is 2. The summed E-state index contributed by atoms with van der Waals surface area (Å²) in [6.07, 6.45) is 2.59. The molecule has 2 aromatic rings. The molecule has 0 aromatic heterocycles. The van der Waals surface area contributed by atoms with E-state index in [1.165, 1.54) is 48.5 Å². The number of rotatable bonds is 11. The van der Waals surface area contributed by atoms with Crippen molar-refractivity contribution in [3.63, 3.8) is 0 Å². The summed E-state index contributed by atoms with van der Waals surface area (Å²) in [7, 11) is -7.97. The lowest BCUT2D eigenvalue weighted by Gasteiger charge is -2.10. The molecule has 34 heavy (non-hydrogen) atoms. The molecule has 0 radical (unpaired) electrons. The van der Waals surface area contributed by atoms with Crippen molar-refractivity contribution in [1.29, 1.82) is 0 Å². The van der Waals surface area contributed by atoms with Gasteiger partial charge in [-0.1, -0.05) is 12.8 Å². The number of amides is 4. The summed E-state index contributed by atoms with van der Waals surface area (Å²) >= 11 is 0. The van der Waals surface area contributed by atoms with Gasteiger partial charge in [0.1, 0.15) is 0 Å². The van der Waals surface area contributed by atoms with E-state index < -0.39 is 32.1 Å². The standard InChI is InChI=1S/C20H28N6O6S2/c21-15-5-9-17(10-6-15)33(29,30)25-19(27)23-13-3-1-2-4-14-24-20(28)26-34(31,32)18-11-7-16(22)8-12-18/h5-12H,1-4,13-14,21-22H2,(H2,23,25,27)(H2,24,26,28). The smallest absolute Gasteiger partial charge is 0.328 e. The fourth-order valence-corrected chi connectivity index (χ4v) is 4.59. The summed E-state index contributed by atoms with van der Waals surface area (Å²) in [5.41, 5.74) is 11.8. The number of hydrogen-bond donors (Lipinski definition) is 6. The number of nitrogen functional groups attached to an aromatic ring is 2. The number of urea groups is 2. The zero-order valence-corrected chi connectivity index (χ0v) is 19.9. The van der Waals surface area contributed by atoms with Crippen molar-refractivity contribution in [2.24, 2.45) is 0 Å². The lowest BCUT2D eigenvalue weighted by atomic mass is 10.2. The Morgan fingerprint density at radius 2 is 0.912 bits per heavy atom. The molecule has 0 atom stereocenters. The van der Waals surface area contributed by atoms with Crippen LogP contribution in [0.25, 0.3) is 0 Å². The van der Waals surface area contributed by atoms with Gasteiger partial charge in [-0.2, -0.15) is 0 Å². The first-order valence-corrected chi connectivity index (χ1v) is 13.3. The molecule has 0 aliphatic carbocycles. The Balaban J connectivity index is 1.57. The van der Waals surface area contributed by atoms with Crippen LogP contribution in [-0.4, -0.2) is 42.0 Å². The Hall–Kier alpha value is -3.52. The number of carbonyl (C=O) groups is 2. The van der Waals surface area contributed by atoms with Gasteiger partial charge < -0.3 is 22.1 Å². The third-order valence-corrected chi connectivity index (χ3v) is 7.20. The van der Waals surface area contributed by atoms with E-state index in [9.17, 15) is 26.4 Å². The van der Waals surface area contributed by atoms with Crippen molar-refractivity contribution in [1.82, 2.24) is 20.1 Å². The van der Waals surface area contributed by atoms with Gasteiger partial charge in [-0.05, 0) is 61.4 Å². The van der Waals surface area contributed by atoms with Crippen molar-refractivity contribution in [3.8, 4) is 0 Å². The third kappa shape index (κ3) is 8.78. The van der Waals surface area contributed by atoms with E-state index in [0.29, 0.717) is 37.1 Å². The first-order valence-electron chi connectivity index (χ1n) is 10.3. The van der Waals surface area contributed by atoms with Gasteiger partial charge in [0.2, 0.25) is 0 Å². The van der Waals surface area contributed by atoms with Gasteiger partial charge in [-0.15, -0.1) is 0 Å². The maximum Gasteiger partial charge on any atom is 0.328 e. The predicted octanol–water partition coefficient (Wildman–Crippen LogP) is 1.09. The highest BCUT2D eigenvalue weighted by molar-refractivity contribution is 7.90. The molecule has 2 rings (SSSR count). The zero-order valence-electron chi connectivity index (χ0n) is 18.3. The minimum atomic E-state index is -3.98. The topological polar surface area (TPSA) is 203 Å². The molecule has 0 saturated heterocycles. The molecule has 0 aliphatic rings.